The summed E-state index contributed by atoms with van der Waals surface area (Å²) in [5.41, 5.74) is 0.823. The molecule has 9 heteroatoms. The highest BCUT2D eigenvalue weighted by molar-refractivity contribution is 5.86. The molecule has 7 rings (SSSR count). The minimum Gasteiger partial charge on any atom is -0.459 e. The lowest BCUT2D eigenvalue weighted by Gasteiger charge is -2.55. The summed E-state index contributed by atoms with van der Waals surface area (Å²) in [6.07, 6.45) is 22.0. The Hall–Kier alpha value is -2.26. The van der Waals surface area contributed by atoms with E-state index < -0.39 is 5.97 Å². The molecule has 9 nitrogen and oxygen atoms in total. The number of urea groups is 1. The van der Waals surface area contributed by atoms with Crippen LogP contribution >= 0.6 is 0 Å². The van der Waals surface area contributed by atoms with Crippen molar-refractivity contribution in [3.05, 3.63) is 24.3 Å². The van der Waals surface area contributed by atoms with E-state index in [1.807, 2.05) is 4.90 Å². The lowest BCUT2D eigenvalue weighted by Crippen LogP contribution is -2.54. The number of fused-ring (bicyclic) bond motifs is 3. The summed E-state index contributed by atoms with van der Waals surface area (Å²) >= 11 is 0. The first-order valence-corrected chi connectivity index (χ1v) is 20.4. The third-order valence-electron chi connectivity index (χ3n) is 15.3. The summed E-state index contributed by atoms with van der Waals surface area (Å²) in [7, 11) is 0. The summed E-state index contributed by atoms with van der Waals surface area (Å²) < 4.78 is 19.0. The van der Waals surface area contributed by atoms with Gasteiger partial charge in [0.25, 0.3) is 0 Å². The van der Waals surface area contributed by atoms with E-state index in [0.717, 1.165) is 69.8 Å². The standard InChI is InChI=1S/C41H64N4O5/c1-6-29-23-32(44-38(47)45(33-10-8-7-9-11-33)20-21-48-37(46)34-25-42-18-19-43-34)14-16-39(29,4)30-13-15-40(5)31(22-30)24-35-36(40)28(3)41(50-35)17-12-27(2)26-49-41/h18-19,25,27-33,35-36H,6-17,20-24,26H2,1-5H3,(H,44,47)/t27-,28-,29+,30-,31+,32+,35-,36-,39-,40-,41+/m0/s1. The van der Waals surface area contributed by atoms with Gasteiger partial charge in [-0.15, -0.1) is 0 Å². The topological polar surface area (TPSA) is 103 Å². The summed E-state index contributed by atoms with van der Waals surface area (Å²) in [4.78, 5) is 36.5. The first kappa shape index (κ1) is 36.1. The molecule has 1 aromatic heterocycles. The van der Waals surface area contributed by atoms with Crippen molar-refractivity contribution in [3.63, 3.8) is 0 Å². The Morgan fingerprint density at radius 2 is 1.76 bits per heavy atom. The third-order valence-corrected chi connectivity index (χ3v) is 15.3. The quantitative estimate of drug-likeness (QED) is 0.274. The number of amides is 2. The van der Waals surface area contributed by atoms with Gasteiger partial charge in [-0.1, -0.05) is 60.3 Å². The van der Waals surface area contributed by atoms with Gasteiger partial charge in [0.2, 0.25) is 0 Å². The van der Waals surface area contributed by atoms with Crippen LogP contribution in [0.4, 0.5) is 4.79 Å². The molecule has 6 aliphatic rings. The fourth-order valence-corrected chi connectivity index (χ4v) is 12.2. The average molecular weight is 693 g/mol. The van der Waals surface area contributed by atoms with Gasteiger partial charge in [0.15, 0.2) is 11.5 Å². The van der Waals surface area contributed by atoms with Crippen molar-refractivity contribution in [2.75, 3.05) is 19.8 Å². The minimum absolute atomic E-state index is 0.00475. The predicted molar refractivity (Wildman–Crippen MR) is 192 cm³/mol. The number of nitrogens with one attached hydrogen (secondary N) is 1. The van der Waals surface area contributed by atoms with Crippen molar-refractivity contribution in [2.24, 2.45) is 46.3 Å². The van der Waals surface area contributed by atoms with Crippen molar-refractivity contribution in [1.29, 1.82) is 0 Å². The molecule has 0 bridgehead atoms. The van der Waals surface area contributed by atoms with Crippen molar-refractivity contribution in [2.45, 2.75) is 155 Å². The number of rotatable bonds is 8. The highest BCUT2D eigenvalue weighted by Gasteiger charge is 2.66. The molecule has 3 heterocycles. The van der Waals surface area contributed by atoms with Crippen LogP contribution in [0.2, 0.25) is 0 Å². The molecule has 11 atom stereocenters. The van der Waals surface area contributed by atoms with Crippen LogP contribution in [-0.2, 0) is 14.2 Å². The Labute approximate surface area is 300 Å². The maximum Gasteiger partial charge on any atom is 0.358 e. The number of carbonyl (C=O) groups is 2. The molecule has 2 saturated heterocycles. The zero-order valence-corrected chi connectivity index (χ0v) is 31.5. The van der Waals surface area contributed by atoms with E-state index in [9.17, 15) is 9.59 Å². The Balaban J connectivity index is 0.958. The monoisotopic (exact) mass is 692 g/mol. The van der Waals surface area contributed by atoms with Gasteiger partial charge in [0.1, 0.15) is 6.61 Å². The van der Waals surface area contributed by atoms with Gasteiger partial charge in [-0.2, -0.15) is 0 Å². The average Bonchev–Trinajstić information content (AvgIpc) is 3.57. The maximum atomic E-state index is 14.0. The van der Waals surface area contributed by atoms with E-state index in [4.69, 9.17) is 14.2 Å². The van der Waals surface area contributed by atoms with Gasteiger partial charge in [-0.05, 0) is 105 Å². The van der Waals surface area contributed by atoms with E-state index in [1.165, 1.54) is 63.5 Å². The molecule has 278 valence electrons. The first-order chi connectivity index (χ1) is 24.1. The van der Waals surface area contributed by atoms with Crippen LogP contribution in [0.1, 0.15) is 141 Å². The van der Waals surface area contributed by atoms with Crippen molar-refractivity contribution in [1.82, 2.24) is 20.2 Å². The Bertz CT molecular complexity index is 1330. The fraction of sp³-hybridized carbons (Fsp3) is 0.854. The van der Waals surface area contributed by atoms with Crippen LogP contribution in [0, 0.1) is 46.3 Å². The van der Waals surface area contributed by atoms with Gasteiger partial charge in [0.05, 0.1) is 25.5 Å². The zero-order chi connectivity index (χ0) is 35.1. The van der Waals surface area contributed by atoms with Crippen molar-refractivity contribution in [3.8, 4) is 0 Å². The zero-order valence-electron chi connectivity index (χ0n) is 31.5. The molecule has 1 N–H and O–H groups in total. The van der Waals surface area contributed by atoms with E-state index in [1.54, 1.807) is 0 Å². The number of carbonyl (C=O) groups excluding carboxylic acids is 2. The molecule has 4 aliphatic carbocycles. The largest absolute Gasteiger partial charge is 0.459 e. The molecule has 0 aromatic carbocycles. The van der Waals surface area contributed by atoms with Gasteiger partial charge >= 0.3 is 12.0 Å². The minimum atomic E-state index is -0.498. The summed E-state index contributed by atoms with van der Waals surface area (Å²) in [5.74, 6) is 2.88. The maximum absolute atomic E-state index is 14.0. The number of nitrogens with zero attached hydrogens (tertiary/aromatic N) is 3. The number of ether oxygens (including phenoxy) is 3. The molecule has 1 spiro atoms. The van der Waals surface area contributed by atoms with Crippen LogP contribution in [0.5, 0.6) is 0 Å². The summed E-state index contributed by atoms with van der Waals surface area (Å²) in [6, 6.07) is 0.370. The number of hydrogen-bond acceptors (Lipinski definition) is 7. The van der Waals surface area contributed by atoms with Crippen molar-refractivity contribution < 1.29 is 23.8 Å². The van der Waals surface area contributed by atoms with E-state index in [2.05, 4.69) is 49.9 Å². The van der Waals surface area contributed by atoms with E-state index in [0.29, 0.717) is 47.2 Å². The normalized spacial score (nSPS) is 41.7. The van der Waals surface area contributed by atoms with Crippen molar-refractivity contribution >= 4 is 12.0 Å². The smallest absolute Gasteiger partial charge is 0.358 e. The molecule has 6 fully saturated rings. The lowest BCUT2D eigenvalue weighted by atomic mass is 9.51. The highest BCUT2D eigenvalue weighted by Crippen LogP contribution is 2.67. The number of hydrogen-bond donors (Lipinski definition) is 1. The number of aromatic nitrogens is 2. The second-order valence-corrected chi connectivity index (χ2v) is 17.9. The Morgan fingerprint density at radius 3 is 2.48 bits per heavy atom. The van der Waals surface area contributed by atoms with Crippen LogP contribution in [0.3, 0.4) is 0 Å². The molecule has 50 heavy (non-hydrogen) atoms. The van der Waals surface area contributed by atoms with Gasteiger partial charge < -0.3 is 24.4 Å². The van der Waals surface area contributed by atoms with Crippen LogP contribution < -0.4 is 5.32 Å². The second kappa shape index (κ2) is 14.6. The second-order valence-electron chi connectivity index (χ2n) is 17.9. The molecule has 1 aromatic rings. The Morgan fingerprint density at radius 1 is 0.960 bits per heavy atom. The summed E-state index contributed by atoms with van der Waals surface area (Å²) in [6.45, 7) is 13.7. The number of esters is 1. The molecule has 0 unspecified atom stereocenters. The molecule has 0 radical (unpaired) electrons. The highest BCUT2D eigenvalue weighted by atomic mass is 16.7. The summed E-state index contributed by atoms with van der Waals surface area (Å²) in [5, 5.41) is 3.49. The van der Waals surface area contributed by atoms with E-state index >= 15 is 0 Å². The molecule has 4 saturated carbocycles. The van der Waals surface area contributed by atoms with Crippen LogP contribution in [-0.4, -0.2) is 70.6 Å². The predicted octanol–water partition coefficient (Wildman–Crippen LogP) is 8.18. The van der Waals surface area contributed by atoms with Gasteiger partial charge in [-0.25, -0.2) is 14.6 Å². The fourth-order valence-electron chi connectivity index (χ4n) is 12.2. The van der Waals surface area contributed by atoms with Gasteiger partial charge in [-0.3, -0.25) is 4.98 Å². The first-order valence-electron chi connectivity index (χ1n) is 20.4. The van der Waals surface area contributed by atoms with Crippen LogP contribution in [0.15, 0.2) is 18.6 Å². The Kier molecular flexibility index (Phi) is 10.6. The van der Waals surface area contributed by atoms with Crippen LogP contribution in [0.25, 0.3) is 0 Å². The molecular weight excluding hydrogens is 628 g/mol. The molecule has 2 amide bonds. The van der Waals surface area contributed by atoms with E-state index in [-0.39, 0.29) is 36.2 Å². The SMILES string of the molecule is CC[C@@H]1C[C@H](NC(=O)N(CCOC(=O)c2cnccn2)C2CCCCC2)CC[C@]1(C)[C@H]1CC[C@@]2(C)[C@H](C1)C[C@@H]1O[C@]3(CC[C@H](C)CO3)[C@@H](C)[C@@H]12. The lowest BCUT2D eigenvalue weighted by molar-refractivity contribution is -0.272. The molecular formula is C41H64N4O5. The molecule has 2 aliphatic heterocycles. The van der Waals surface area contributed by atoms with Gasteiger partial charge in [0, 0.05) is 36.8 Å². The third kappa shape index (κ3) is 6.72.